The van der Waals surface area contributed by atoms with Gasteiger partial charge in [0.1, 0.15) is 0 Å². The molecule has 1 unspecified atom stereocenters. The Morgan fingerprint density at radius 1 is 1.47 bits per heavy atom. The molecule has 1 aliphatic heterocycles. The zero-order chi connectivity index (χ0) is 13.1. The minimum absolute atomic E-state index is 0.133. The average Bonchev–Trinajstić information content (AvgIpc) is 2.15. The van der Waals surface area contributed by atoms with Crippen LogP contribution in [0.25, 0.3) is 0 Å². The first-order valence-electron chi connectivity index (χ1n) is 6.66. The molecule has 0 saturated carbocycles. The highest BCUT2D eigenvalue weighted by Crippen LogP contribution is 2.29. The van der Waals surface area contributed by atoms with E-state index in [0.717, 1.165) is 25.9 Å². The number of rotatable bonds is 4. The summed E-state index contributed by atoms with van der Waals surface area (Å²) in [4.78, 5) is 12.3. The number of amides is 1. The van der Waals surface area contributed by atoms with Crippen LogP contribution in [0.15, 0.2) is 0 Å². The summed E-state index contributed by atoms with van der Waals surface area (Å²) in [6, 6.07) is 0. The highest BCUT2D eigenvalue weighted by molar-refractivity contribution is 5.83. The summed E-state index contributed by atoms with van der Waals surface area (Å²) in [5.41, 5.74) is -0.474. The fourth-order valence-electron chi connectivity index (χ4n) is 2.64. The Hall–Kier alpha value is -0.570. The molecule has 1 heterocycles. The van der Waals surface area contributed by atoms with Gasteiger partial charge in [-0.3, -0.25) is 4.79 Å². The van der Waals surface area contributed by atoms with Gasteiger partial charge in [-0.1, -0.05) is 13.8 Å². The van der Waals surface area contributed by atoms with Gasteiger partial charge in [0, 0.05) is 12.1 Å². The Balaban J connectivity index is 2.58. The van der Waals surface area contributed by atoms with E-state index in [1.165, 1.54) is 0 Å². The molecular formula is C14H27NO2. The van der Waals surface area contributed by atoms with E-state index in [9.17, 15) is 4.79 Å². The lowest BCUT2D eigenvalue weighted by Gasteiger charge is -2.36. The average molecular weight is 241 g/mol. The number of hydrogen-bond acceptors (Lipinski definition) is 2. The topological polar surface area (TPSA) is 38.3 Å². The van der Waals surface area contributed by atoms with Gasteiger partial charge in [0.2, 0.25) is 5.91 Å². The van der Waals surface area contributed by atoms with Crippen LogP contribution < -0.4 is 5.32 Å². The minimum Gasteiger partial charge on any atom is -0.380 e. The zero-order valence-electron chi connectivity index (χ0n) is 11.9. The van der Waals surface area contributed by atoms with Gasteiger partial charge in [0.15, 0.2) is 0 Å². The van der Waals surface area contributed by atoms with Gasteiger partial charge < -0.3 is 10.1 Å². The van der Waals surface area contributed by atoms with Crippen LogP contribution in [0.3, 0.4) is 0 Å². The van der Waals surface area contributed by atoms with Crippen LogP contribution in [0.2, 0.25) is 0 Å². The molecule has 1 atom stereocenters. The standard InChI is InChI=1S/C14H27NO2/c1-11(2)9-13(3,4)15-12(16)14(5)7-6-8-17-10-14/h11H,6-10H2,1-5H3,(H,15,16). The van der Waals surface area contributed by atoms with Crippen molar-refractivity contribution in [1.82, 2.24) is 5.32 Å². The lowest BCUT2D eigenvalue weighted by Crippen LogP contribution is -2.52. The van der Waals surface area contributed by atoms with Gasteiger partial charge in [0.05, 0.1) is 12.0 Å². The van der Waals surface area contributed by atoms with Crippen molar-refractivity contribution in [3.63, 3.8) is 0 Å². The zero-order valence-corrected chi connectivity index (χ0v) is 11.9. The molecule has 17 heavy (non-hydrogen) atoms. The summed E-state index contributed by atoms with van der Waals surface area (Å²) in [7, 11) is 0. The fraction of sp³-hybridized carbons (Fsp3) is 0.929. The summed E-state index contributed by atoms with van der Waals surface area (Å²) >= 11 is 0. The maximum Gasteiger partial charge on any atom is 0.228 e. The summed E-state index contributed by atoms with van der Waals surface area (Å²) in [5, 5.41) is 3.18. The Kier molecular flexibility index (Phi) is 4.59. The van der Waals surface area contributed by atoms with Crippen molar-refractivity contribution in [3.05, 3.63) is 0 Å². The molecule has 1 amide bonds. The Bertz CT molecular complexity index is 265. The molecule has 1 fully saturated rings. The summed E-state index contributed by atoms with van der Waals surface area (Å²) in [6.07, 6.45) is 2.90. The second-order valence-electron chi connectivity index (χ2n) is 6.65. The second kappa shape index (κ2) is 5.38. The van der Waals surface area contributed by atoms with Crippen LogP contribution >= 0.6 is 0 Å². The van der Waals surface area contributed by atoms with Crippen LogP contribution in [0, 0.1) is 11.3 Å². The van der Waals surface area contributed by atoms with E-state index in [1.807, 2.05) is 6.92 Å². The third-order valence-corrected chi connectivity index (χ3v) is 3.36. The predicted molar refractivity (Wildman–Crippen MR) is 69.8 cm³/mol. The number of carbonyl (C=O) groups excluding carboxylic acids is 1. The highest BCUT2D eigenvalue weighted by Gasteiger charge is 2.37. The van der Waals surface area contributed by atoms with Crippen LogP contribution in [0.1, 0.15) is 53.9 Å². The summed E-state index contributed by atoms with van der Waals surface area (Å²) in [5.74, 6) is 0.726. The van der Waals surface area contributed by atoms with E-state index in [-0.39, 0.29) is 16.9 Å². The van der Waals surface area contributed by atoms with E-state index >= 15 is 0 Å². The number of hydrogen-bond donors (Lipinski definition) is 1. The monoisotopic (exact) mass is 241 g/mol. The highest BCUT2D eigenvalue weighted by atomic mass is 16.5. The van der Waals surface area contributed by atoms with Gasteiger partial charge in [-0.2, -0.15) is 0 Å². The van der Waals surface area contributed by atoms with Crippen molar-refractivity contribution in [3.8, 4) is 0 Å². The van der Waals surface area contributed by atoms with Crippen molar-refractivity contribution in [2.24, 2.45) is 11.3 Å². The van der Waals surface area contributed by atoms with Crippen LogP contribution in [0.4, 0.5) is 0 Å². The lowest BCUT2D eigenvalue weighted by atomic mass is 9.82. The molecule has 3 nitrogen and oxygen atoms in total. The maximum atomic E-state index is 12.3. The SMILES string of the molecule is CC(C)CC(C)(C)NC(=O)C1(C)CCCOC1. The Morgan fingerprint density at radius 3 is 2.59 bits per heavy atom. The Labute approximate surface area is 105 Å². The number of carbonyl (C=O) groups is 1. The van der Waals surface area contributed by atoms with Crippen molar-refractivity contribution in [1.29, 1.82) is 0 Å². The molecule has 0 aromatic rings. The van der Waals surface area contributed by atoms with Crippen molar-refractivity contribution in [2.75, 3.05) is 13.2 Å². The minimum atomic E-state index is -0.341. The van der Waals surface area contributed by atoms with Crippen LogP contribution in [0.5, 0.6) is 0 Å². The molecule has 1 aliphatic rings. The molecule has 0 radical (unpaired) electrons. The molecule has 1 rings (SSSR count). The normalized spacial score (nSPS) is 26.0. The number of ether oxygens (including phenoxy) is 1. The van der Waals surface area contributed by atoms with E-state index < -0.39 is 0 Å². The maximum absolute atomic E-state index is 12.3. The molecule has 0 aromatic carbocycles. The van der Waals surface area contributed by atoms with E-state index in [1.54, 1.807) is 0 Å². The third kappa shape index (κ3) is 4.30. The first kappa shape index (κ1) is 14.5. The Morgan fingerprint density at radius 2 is 2.12 bits per heavy atom. The third-order valence-electron chi connectivity index (χ3n) is 3.36. The molecule has 1 N–H and O–H groups in total. The van der Waals surface area contributed by atoms with Gasteiger partial charge in [-0.25, -0.2) is 0 Å². The van der Waals surface area contributed by atoms with Crippen molar-refractivity contribution in [2.45, 2.75) is 59.4 Å². The molecule has 3 heteroatoms. The van der Waals surface area contributed by atoms with Crippen molar-refractivity contribution >= 4 is 5.91 Å². The fourth-order valence-corrected chi connectivity index (χ4v) is 2.64. The largest absolute Gasteiger partial charge is 0.380 e. The summed E-state index contributed by atoms with van der Waals surface area (Å²) in [6.45, 7) is 11.9. The quantitative estimate of drug-likeness (QED) is 0.822. The van der Waals surface area contributed by atoms with Crippen LogP contribution in [-0.4, -0.2) is 24.7 Å². The van der Waals surface area contributed by atoms with E-state index in [2.05, 4.69) is 33.0 Å². The second-order valence-corrected chi connectivity index (χ2v) is 6.65. The van der Waals surface area contributed by atoms with Gasteiger partial charge >= 0.3 is 0 Å². The first-order chi connectivity index (χ1) is 7.75. The molecule has 0 spiro atoms. The molecule has 1 saturated heterocycles. The first-order valence-corrected chi connectivity index (χ1v) is 6.66. The predicted octanol–water partition coefficient (Wildman–Crippen LogP) is 2.74. The molecule has 0 aromatic heterocycles. The lowest BCUT2D eigenvalue weighted by molar-refractivity contribution is -0.139. The number of nitrogens with one attached hydrogen (secondary N) is 1. The van der Waals surface area contributed by atoms with E-state index in [4.69, 9.17) is 4.74 Å². The molecule has 0 bridgehead atoms. The van der Waals surface area contributed by atoms with Gasteiger partial charge in [-0.15, -0.1) is 0 Å². The van der Waals surface area contributed by atoms with Crippen molar-refractivity contribution < 1.29 is 9.53 Å². The van der Waals surface area contributed by atoms with Crippen LogP contribution in [-0.2, 0) is 9.53 Å². The van der Waals surface area contributed by atoms with Gasteiger partial charge in [0.25, 0.3) is 0 Å². The molecule has 100 valence electrons. The molecular weight excluding hydrogens is 214 g/mol. The van der Waals surface area contributed by atoms with Gasteiger partial charge in [-0.05, 0) is 46.0 Å². The smallest absolute Gasteiger partial charge is 0.228 e. The van der Waals surface area contributed by atoms with E-state index in [0.29, 0.717) is 12.5 Å². The molecule has 0 aliphatic carbocycles. The summed E-state index contributed by atoms with van der Waals surface area (Å²) < 4.78 is 5.44.